The third-order valence-electron chi connectivity index (χ3n) is 5.42. The number of rotatable bonds is 4. The van der Waals surface area contributed by atoms with Gasteiger partial charge in [-0.25, -0.2) is 0 Å². The van der Waals surface area contributed by atoms with Gasteiger partial charge in [0.2, 0.25) is 0 Å². The monoisotopic (exact) mass is 408 g/mol. The van der Waals surface area contributed by atoms with Crippen LogP contribution in [0.1, 0.15) is 23.2 Å². The van der Waals surface area contributed by atoms with Gasteiger partial charge in [0.25, 0.3) is 5.91 Å². The zero-order valence-corrected chi connectivity index (χ0v) is 17.2. The summed E-state index contributed by atoms with van der Waals surface area (Å²) in [5.41, 5.74) is 3.00. The number of likely N-dealkylation sites (tertiary alicyclic amines) is 1. The number of aryl methyl sites for hydroxylation is 1. The van der Waals surface area contributed by atoms with Crippen LogP contribution >= 0.6 is 11.3 Å². The molecule has 7 heteroatoms. The van der Waals surface area contributed by atoms with E-state index in [2.05, 4.69) is 21.4 Å². The maximum atomic E-state index is 12.9. The smallest absolute Gasteiger partial charge is 0.264 e. The van der Waals surface area contributed by atoms with Gasteiger partial charge >= 0.3 is 0 Å². The second kappa shape index (κ2) is 7.17. The Labute approximate surface area is 174 Å². The highest BCUT2D eigenvalue weighted by atomic mass is 32.1. The lowest BCUT2D eigenvalue weighted by atomic mass is 10.2. The Morgan fingerprint density at radius 3 is 3.07 bits per heavy atom. The van der Waals surface area contributed by atoms with Crippen molar-refractivity contribution in [2.24, 2.45) is 0 Å². The van der Waals surface area contributed by atoms with Crippen LogP contribution in [0.5, 0.6) is 11.5 Å². The number of hydrogen-bond acceptors (Lipinski definition) is 5. The zero-order chi connectivity index (χ0) is 20.0. The van der Waals surface area contributed by atoms with Crippen molar-refractivity contribution in [3.8, 4) is 11.5 Å². The molecule has 1 fully saturated rings. The lowest BCUT2D eigenvalue weighted by Gasteiger charge is -2.15. The first-order chi connectivity index (χ1) is 14.1. The SMILES string of the molecule is CN[C@@H]1CCN(C(=O)c2cc3nccc(Oc4ccc5[nH]c(C)cc5c4)c3s2)C1.[HH]. The average Bonchev–Trinajstić information content (AvgIpc) is 3.44. The molecule has 0 unspecified atom stereocenters. The number of pyridine rings is 1. The molecule has 0 aliphatic carbocycles. The molecule has 2 N–H and O–H groups in total. The van der Waals surface area contributed by atoms with Gasteiger partial charge in [-0.2, -0.15) is 0 Å². The number of likely N-dealkylation sites (N-methyl/N-ethyl adjacent to an activating group) is 1. The number of hydrogen-bond donors (Lipinski definition) is 2. The molecular weight excluding hydrogens is 384 g/mol. The van der Waals surface area contributed by atoms with Crippen LogP contribution in [0, 0.1) is 6.92 Å². The second-order valence-electron chi connectivity index (χ2n) is 7.46. The highest BCUT2D eigenvalue weighted by Crippen LogP contribution is 2.36. The molecule has 4 aromatic rings. The summed E-state index contributed by atoms with van der Waals surface area (Å²) < 4.78 is 7.08. The third-order valence-corrected chi connectivity index (χ3v) is 6.55. The number of fused-ring (bicyclic) bond motifs is 2. The Morgan fingerprint density at radius 1 is 1.34 bits per heavy atom. The summed E-state index contributed by atoms with van der Waals surface area (Å²) in [5, 5.41) is 4.36. The Hall–Kier alpha value is -2.90. The molecule has 150 valence electrons. The van der Waals surface area contributed by atoms with Crippen LogP contribution in [0.2, 0.25) is 0 Å². The fourth-order valence-corrected chi connectivity index (χ4v) is 4.92. The van der Waals surface area contributed by atoms with Crippen LogP contribution in [0.25, 0.3) is 21.1 Å². The number of H-pyrrole nitrogens is 1. The quantitative estimate of drug-likeness (QED) is 0.519. The summed E-state index contributed by atoms with van der Waals surface area (Å²) in [7, 11) is 1.94. The summed E-state index contributed by atoms with van der Waals surface area (Å²) in [5.74, 6) is 1.56. The van der Waals surface area contributed by atoms with Crippen LogP contribution in [0.3, 0.4) is 0 Å². The molecule has 1 atom stereocenters. The number of amides is 1. The molecule has 0 spiro atoms. The van der Waals surface area contributed by atoms with Crippen molar-refractivity contribution in [3.63, 3.8) is 0 Å². The van der Waals surface area contributed by atoms with Gasteiger partial charge in [-0.05, 0) is 50.7 Å². The maximum absolute atomic E-state index is 12.9. The van der Waals surface area contributed by atoms with E-state index in [1.807, 2.05) is 49.2 Å². The molecule has 6 nitrogen and oxygen atoms in total. The summed E-state index contributed by atoms with van der Waals surface area (Å²) >= 11 is 1.45. The highest BCUT2D eigenvalue weighted by molar-refractivity contribution is 7.21. The van der Waals surface area contributed by atoms with Crippen molar-refractivity contribution in [2.75, 3.05) is 20.1 Å². The molecular formula is C22H24N4O2S. The van der Waals surface area contributed by atoms with Crippen molar-refractivity contribution in [1.82, 2.24) is 20.2 Å². The summed E-state index contributed by atoms with van der Waals surface area (Å²) in [6, 6.07) is 12.2. The number of nitrogens with zero attached hydrogens (tertiary/aromatic N) is 2. The minimum Gasteiger partial charge on any atom is -0.456 e. The molecule has 0 radical (unpaired) electrons. The molecule has 1 saturated heterocycles. The number of thiophene rings is 1. The molecule has 1 aromatic carbocycles. The van der Waals surface area contributed by atoms with Gasteiger partial charge in [0, 0.05) is 49.4 Å². The van der Waals surface area contributed by atoms with Crippen molar-refractivity contribution in [1.29, 1.82) is 0 Å². The normalized spacial score (nSPS) is 16.8. The Bertz CT molecular complexity index is 1220. The number of aromatic nitrogens is 2. The van der Waals surface area contributed by atoms with E-state index in [1.165, 1.54) is 11.3 Å². The van der Waals surface area contributed by atoms with Crippen molar-refractivity contribution >= 4 is 38.4 Å². The van der Waals surface area contributed by atoms with Gasteiger partial charge < -0.3 is 19.9 Å². The van der Waals surface area contributed by atoms with Crippen molar-refractivity contribution in [3.05, 3.63) is 53.2 Å². The van der Waals surface area contributed by atoms with Gasteiger partial charge in [0.15, 0.2) is 0 Å². The number of carbonyl (C=O) groups excluding carboxylic acids is 1. The van der Waals surface area contributed by atoms with E-state index in [4.69, 9.17) is 4.74 Å². The van der Waals surface area contributed by atoms with Gasteiger partial charge in [0.1, 0.15) is 11.5 Å². The zero-order valence-electron chi connectivity index (χ0n) is 16.4. The standard InChI is InChI=1S/C22H22N4O2S.H2/c1-13-9-14-10-16(3-4-17(14)25-13)28-19-5-7-24-18-11-20(29-21(18)19)22(27)26-8-6-15(12-26)23-2;/h3-5,7,9-11,15,23,25H,6,8,12H2,1-2H3;1H/t15-;/m1./s1. The molecule has 5 rings (SSSR count). The number of nitrogens with one attached hydrogen (secondary N) is 2. The van der Waals surface area contributed by atoms with E-state index < -0.39 is 0 Å². The van der Waals surface area contributed by atoms with Crippen LogP contribution in [-0.2, 0) is 0 Å². The molecule has 3 aromatic heterocycles. The Morgan fingerprint density at radius 2 is 2.24 bits per heavy atom. The second-order valence-corrected chi connectivity index (χ2v) is 8.52. The summed E-state index contributed by atoms with van der Waals surface area (Å²) in [4.78, 5) is 23.3. The van der Waals surface area contributed by atoms with Gasteiger partial charge in [0.05, 0.1) is 15.1 Å². The van der Waals surface area contributed by atoms with Gasteiger partial charge in [-0.3, -0.25) is 9.78 Å². The predicted octanol–water partition coefficient (Wildman–Crippen LogP) is 4.56. The van der Waals surface area contributed by atoms with E-state index in [9.17, 15) is 4.79 Å². The number of benzene rings is 1. The molecule has 1 aliphatic rings. The highest BCUT2D eigenvalue weighted by Gasteiger charge is 2.27. The number of aromatic amines is 1. The lowest BCUT2D eigenvalue weighted by molar-refractivity contribution is 0.0794. The maximum Gasteiger partial charge on any atom is 0.264 e. The molecule has 0 saturated carbocycles. The fourth-order valence-electron chi connectivity index (χ4n) is 3.88. The van der Waals surface area contributed by atoms with Crippen molar-refractivity contribution < 1.29 is 11.0 Å². The summed E-state index contributed by atoms with van der Waals surface area (Å²) in [6.07, 6.45) is 2.71. The average molecular weight is 409 g/mol. The topological polar surface area (TPSA) is 70.2 Å². The van der Waals surface area contributed by atoms with E-state index in [0.29, 0.717) is 10.9 Å². The lowest BCUT2D eigenvalue weighted by Crippen LogP contribution is -2.33. The van der Waals surface area contributed by atoms with Crippen LogP contribution in [0.4, 0.5) is 0 Å². The molecule has 4 heterocycles. The van der Waals surface area contributed by atoms with E-state index >= 15 is 0 Å². The molecule has 1 aliphatic heterocycles. The number of ether oxygens (including phenoxy) is 1. The minimum absolute atomic E-state index is 0. The Kier molecular flexibility index (Phi) is 4.49. The fraction of sp³-hybridized carbons (Fsp3) is 0.273. The third kappa shape index (κ3) is 3.36. The molecule has 29 heavy (non-hydrogen) atoms. The predicted molar refractivity (Wildman–Crippen MR) is 118 cm³/mol. The molecule has 1 amide bonds. The van der Waals surface area contributed by atoms with E-state index in [0.717, 1.165) is 57.8 Å². The molecule has 0 bridgehead atoms. The first-order valence-corrected chi connectivity index (χ1v) is 10.5. The van der Waals surface area contributed by atoms with E-state index in [1.54, 1.807) is 6.20 Å². The largest absolute Gasteiger partial charge is 0.456 e. The van der Waals surface area contributed by atoms with Gasteiger partial charge in [-0.15, -0.1) is 11.3 Å². The van der Waals surface area contributed by atoms with Gasteiger partial charge in [-0.1, -0.05) is 0 Å². The van der Waals surface area contributed by atoms with Crippen LogP contribution in [-0.4, -0.2) is 47.0 Å². The van der Waals surface area contributed by atoms with Crippen molar-refractivity contribution in [2.45, 2.75) is 19.4 Å². The Balaban J connectivity index is 0.00000218. The van der Waals surface area contributed by atoms with E-state index in [-0.39, 0.29) is 7.33 Å². The first-order valence-electron chi connectivity index (χ1n) is 9.73. The van der Waals surface area contributed by atoms with Crippen LogP contribution < -0.4 is 10.1 Å². The number of carbonyl (C=O) groups is 1. The van der Waals surface area contributed by atoms with Crippen LogP contribution in [0.15, 0.2) is 42.6 Å². The minimum atomic E-state index is 0. The first kappa shape index (κ1) is 18.1. The summed E-state index contributed by atoms with van der Waals surface area (Å²) in [6.45, 7) is 3.57.